The first kappa shape index (κ1) is 15.8. The predicted molar refractivity (Wildman–Crippen MR) is 75.5 cm³/mol. The number of alkyl halides is 3. The molecular formula is C13H17F3N2S. The third kappa shape index (κ3) is 3.83. The van der Waals surface area contributed by atoms with Gasteiger partial charge in [0.1, 0.15) is 4.99 Å². The highest BCUT2D eigenvalue weighted by molar-refractivity contribution is 7.80. The van der Waals surface area contributed by atoms with Gasteiger partial charge in [0, 0.05) is 24.3 Å². The van der Waals surface area contributed by atoms with Gasteiger partial charge in [0.2, 0.25) is 0 Å². The predicted octanol–water partition coefficient (Wildman–Crippen LogP) is 3.58. The molecule has 1 aromatic rings. The summed E-state index contributed by atoms with van der Waals surface area (Å²) in [5, 5.41) is 0. The lowest BCUT2D eigenvalue weighted by Crippen LogP contribution is -2.25. The Morgan fingerprint density at radius 3 is 2.37 bits per heavy atom. The molecule has 0 aliphatic rings. The van der Waals surface area contributed by atoms with Crippen molar-refractivity contribution in [2.75, 3.05) is 18.0 Å². The topological polar surface area (TPSA) is 29.3 Å². The lowest BCUT2D eigenvalue weighted by Gasteiger charge is -2.24. The molecule has 1 rings (SSSR count). The number of hydrogen-bond acceptors (Lipinski definition) is 2. The second-order valence-electron chi connectivity index (χ2n) is 4.17. The molecule has 0 saturated heterocycles. The zero-order valence-corrected chi connectivity index (χ0v) is 11.7. The highest BCUT2D eigenvalue weighted by atomic mass is 32.1. The fourth-order valence-electron chi connectivity index (χ4n) is 1.92. The van der Waals surface area contributed by atoms with E-state index in [1.165, 1.54) is 6.07 Å². The van der Waals surface area contributed by atoms with Gasteiger partial charge in [-0.2, -0.15) is 13.2 Å². The summed E-state index contributed by atoms with van der Waals surface area (Å²) in [5.41, 5.74) is 4.99. The van der Waals surface area contributed by atoms with Gasteiger partial charge in [-0.15, -0.1) is 0 Å². The Morgan fingerprint density at radius 1 is 1.32 bits per heavy atom. The monoisotopic (exact) mass is 290 g/mol. The third-order valence-electron chi connectivity index (χ3n) is 2.81. The summed E-state index contributed by atoms with van der Waals surface area (Å²) in [6.45, 7) is 5.25. The van der Waals surface area contributed by atoms with Crippen LogP contribution in [0.5, 0.6) is 0 Å². The summed E-state index contributed by atoms with van der Waals surface area (Å²) in [4.78, 5) is 1.65. The molecule has 19 heavy (non-hydrogen) atoms. The van der Waals surface area contributed by atoms with Gasteiger partial charge in [0.25, 0.3) is 0 Å². The average Bonchev–Trinajstić information content (AvgIpc) is 2.34. The van der Waals surface area contributed by atoms with Gasteiger partial charge in [-0.3, -0.25) is 0 Å². The van der Waals surface area contributed by atoms with E-state index >= 15 is 0 Å². The van der Waals surface area contributed by atoms with Crippen LogP contribution in [0.15, 0.2) is 18.2 Å². The summed E-state index contributed by atoms with van der Waals surface area (Å²) < 4.78 is 39.0. The Morgan fingerprint density at radius 2 is 1.95 bits per heavy atom. The van der Waals surface area contributed by atoms with E-state index in [0.717, 1.165) is 12.5 Å². The molecule has 0 fully saturated rings. The number of hydrogen-bond donors (Lipinski definition) is 1. The highest BCUT2D eigenvalue weighted by Gasteiger charge is 2.34. The number of nitrogens with two attached hydrogens (primary N) is 1. The van der Waals surface area contributed by atoms with Gasteiger partial charge in [-0.1, -0.05) is 19.1 Å². The maximum Gasteiger partial charge on any atom is 0.417 e. The van der Waals surface area contributed by atoms with Gasteiger partial charge < -0.3 is 10.6 Å². The molecule has 0 unspecified atom stereocenters. The first-order valence-electron chi connectivity index (χ1n) is 6.07. The summed E-state index contributed by atoms with van der Waals surface area (Å²) in [6.07, 6.45) is -3.59. The number of anilines is 1. The van der Waals surface area contributed by atoms with Crippen molar-refractivity contribution in [3.8, 4) is 0 Å². The summed E-state index contributed by atoms with van der Waals surface area (Å²) in [5.74, 6) is 0. The van der Waals surface area contributed by atoms with Gasteiger partial charge in [0.15, 0.2) is 0 Å². The minimum absolute atomic E-state index is 0.126. The fourth-order valence-corrected chi connectivity index (χ4v) is 2.10. The van der Waals surface area contributed by atoms with Crippen molar-refractivity contribution in [1.82, 2.24) is 0 Å². The molecule has 0 aliphatic heterocycles. The molecule has 0 atom stereocenters. The van der Waals surface area contributed by atoms with Gasteiger partial charge in [-0.25, -0.2) is 0 Å². The molecule has 6 heteroatoms. The normalized spacial score (nSPS) is 11.4. The van der Waals surface area contributed by atoms with Crippen molar-refractivity contribution >= 4 is 22.9 Å². The molecule has 0 saturated carbocycles. The Labute approximate surface area is 116 Å². The van der Waals surface area contributed by atoms with Crippen molar-refractivity contribution in [2.24, 2.45) is 5.73 Å². The van der Waals surface area contributed by atoms with E-state index in [2.05, 4.69) is 12.2 Å². The highest BCUT2D eigenvalue weighted by Crippen LogP contribution is 2.34. The quantitative estimate of drug-likeness (QED) is 0.841. The fraction of sp³-hybridized carbons (Fsp3) is 0.462. The largest absolute Gasteiger partial charge is 0.417 e. The summed E-state index contributed by atoms with van der Waals surface area (Å²) in [6, 6.07) is 4.09. The molecule has 2 N–H and O–H groups in total. The van der Waals surface area contributed by atoms with Crippen LogP contribution in [0, 0.1) is 0 Å². The van der Waals surface area contributed by atoms with Crippen molar-refractivity contribution in [3.05, 3.63) is 29.3 Å². The Balaban J connectivity index is 3.29. The smallest absolute Gasteiger partial charge is 0.389 e. The molecule has 0 bridgehead atoms. The summed E-state index contributed by atoms with van der Waals surface area (Å²) >= 11 is 4.67. The SMILES string of the molecule is CCCN(CC)c1ccc(C(N)=S)c(C(F)(F)F)c1. The van der Waals surface area contributed by atoms with Crippen LogP contribution in [-0.4, -0.2) is 18.1 Å². The Kier molecular flexibility index (Phi) is 5.17. The van der Waals surface area contributed by atoms with Crippen LogP contribution in [0.4, 0.5) is 18.9 Å². The molecule has 0 amide bonds. The Hall–Kier alpha value is -1.30. The van der Waals surface area contributed by atoms with E-state index in [4.69, 9.17) is 5.73 Å². The van der Waals surface area contributed by atoms with Crippen LogP contribution in [-0.2, 0) is 6.18 Å². The molecule has 1 aromatic carbocycles. The number of halogens is 3. The van der Waals surface area contributed by atoms with Crippen LogP contribution < -0.4 is 10.6 Å². The molecule has 0 aliphatic carbocycles. The third-order valence-corrected chi connectivity index (χ3v) is 3.03. The molecule has 0 aromatic heterocycles. The zero-order valence-electron chi connectivity index (χ0n) is 10.9. The molecular weight excluding hydrogens is 273 g/mol. The van der Waals surface area contributed by atoms with E-state index in [1.807, 2.05) is 18.7 Å². The van der Waals surface area contributed by atoms with Gasteiger partial charge in [0.05, 0.1) is 5.56 Å². The van der Waals surface area contributed by atoms with Crippen LogP contribution in [0.2, 0.25) is 0 Å². The minimum atomic E-state index is -4.46. The number of nitrogens with zero attached hydrogens (tertiary/aromatic N) is 1. The van der Waals surface area contributed by atoms with E-state index < -0.39 is 11.7 Å². The van der Waals surface area contributed by atoms with Crippen molar-refractivity contribution in [2.45, 2.75) is 26.4 Å². The minimum Gasteiger partial charge on any atom is -0.389 e. The summed E-state index contributed by atoms with van der Waals surface area (Å²) in [7, 11) is 0. The second kappa shape index (κ2) is 6.23. The lowest BCUT2D eigenvalue weighted by molar-refractivity contribution is -0.137. The molecule has 0 heterocycles. The van der Waals surface area contributed by atoms with Crippen molar-refractivity contribution in [3.63, 3.8) is 0 Å². The maximum atomic E-state index is 13.0. The van der Waals surface area contributed by atoms with Crippen molar-refractivity contribution in [1.29, 1.82) is 0 Å². The first-order chi connectivity index (χ1) is 8.81. The first-order valence-corrected chi connectivity index (χ1v) is 6.48. The number of rotatable bonds is 5. The van der Waals surface area contributed by atoms with E-state index in [0.29, 0.717) is 18.8 Å². The van der Waals surface area contributed by atoms with Crippen LogP contribution in [0.1, 0.15) is 31.4 Å². The second-order valence-corrected chi connectivity index (χ2v) is 4.61. The van der Waals surface area contributed by atoms with Crippen molar-refractivity contribution < 1.29 is 13.2 Å². The van der Waals surface area contributed by atoms with Crippen LogP contribution >= 0.6 is 12.2 Å². The van der Waals surface area contributed by atoms with Crippen LogP contribution in [0.25, 0.3) is 0 Å². The standard InChI is InChI=1S/C13H17F3N2S/c1-3-7-18(4-2)9-5-6-10(12(17)19)11(8-9)13(14,15)16/h5-6,8H,3-4,7H2,1-2H3,(H2,17,19). The lowest BCUT2D eigenvalue weighted by atomic mass is 10.1. The molecule has 0 spiro atoms. The zero-order chi connectivity index (χ0) is 14.6. The maximum absolute atomic E-state index is 13.0. The van der Waals surface area contributed by atoms with Gasteiger partial charge >= 0.3 is 6.18 Å². The van der Waals surface area contributed by atoms with E-state index in [1.54, 1.807) is 6.07 Å². The van der Waals surface area contributed by atoms with E-state index in [-0.39, 0.29) is 10.6 Å². The number of thiocarbonyl (C=S) groups is 1. The number of benzene rings is 1. The van der Waals surface area contributed by atoms with E-state index in [9.17, 15) is 13.2 Å². The molecule has 106 valence electrons. The molecule has 2 nitrogen and oxygen atoms in total. The van der Waals surface area contributed by atoms with Gasteiger partial charge in [-0.05, 0) is 31.5 Å². The molecule has 0 radical (unpaired) electrons. The van der Waals surface area contributed by atoms with Crippen LogP contribution in [0.3, 0.4) is 0 Å². The average molecular weight is 290 g/mol. The Bertz CT molecular complexity index is 458.